The first-order valence-corrected chi connectivity index (χ1v) is 9.34. The molecule has 1 unspecified atom stereocenters. The minimum atomic E-state index is -2.61. The smallest absolute Gasteiger partial charge is 0.255 e. The predicted molar refractivity (Wildman–Crippen MR) is 95.9 cm³/mol. The lowest BCUT2D eigenvalue weighted by Crippen LogP contribution is -2.06. The van der Waals surface area contributed by atoms with Crippen molar-refractivity contribution >= 4 is 28.8 Å². The summed E-state index contributed by atoms with van der Waals surface area (Å²) in [5.74, 6) is -2.56. The molecule has 3 heterocycles. The number of hydrogen-bond acceptors (Lipinski definition) is 4. The zero-order chi connectivity index (χ0) is 18.8. The van der Waals surface area contributed by atoms with Crippen LogP contribution in [0.2, 0.25) is 10.2 Å². The van der Waals surface area contributed by atoms with Gasteiger partial charge in [0.2, 0.25) is 0 Å². The van der Waals surface area contributed by atoms with Crippen LogP contribution < -0.4 is 4.74 Å². The van der Waals surface area contributed by atoms with E-state index in [0.29, 0.717) is 15.9 Å². The molecule has 0 radical (unpaired) electrons. The van der Waals surface area contributed by atoms with Crippen LogP contribution in [0.3, 0.4) is 0 Å². The normalized spacial score (nSPS) is 25.6. The number of nitrogens with zero attached hydrogens (tertiary/aromatic N) is 4. The van der Waals surface area contributed by atoms with Gasteiger partial charge in [0.15, 0.2) is 5.65 Å². The summed E-state index contributed by atoms with van der Waals surface area (Å²) >= 11 is 12.2. The Hall–Kier alpha value is -1.99. The van der Waals surface area contributed by atoms with E-state index in [-0.39, 0.29) is 24.9 Å². The fourth-order valence-electron chi connectivity index (χ4n) is 3.44. The maximum atomic E-state index is 13.0. The Morgan fingerprint density at radius 2 is 2.04 bits per heavy atom. The summed E-state index contributed by atoms with van der Waals surface area (Å²) in [5, 5.41) is 4.92. The molecule has 0 aliphatic heterocycles. The Kier molecular flexibility index (Phi) is 3.81. The van der Waals surface area contributed by atoms with Crippen molar-refractivity contribution in [2.45, 2.75) is 30.6 Å². The maximum Gasteiger partial charge on any atom is 0.255 e. The Morgan fingerprint density at radius 1 is 1.22 bits per heavy atom. The number of halogens is 4. The lowest BCUT2D eigenvalue weighted by atomic mass is 10.1. The second kappa shape index (κ2) is 6.01. The summed E-state index contributed by atoms with van der Waals surface area (Å²) in [5.41, 5.74) is 2.61. The fraction of sp³-hybridized carbons (Fsp3) is 0.389. The lowest BCUT2D eigenvalue weighted by Gasteiger charge is -2.09. The zero-order valence-electron chi connectivity index (χ0n) is 13.9. The second-order valence-corrected chi connectivity index (χ2v) is 7.87. The first kappa shape index (κ1) is 17.1. The maximum absolute atomic E-state index is 13.0. The molecule has 5 nitrogen and oxygen atoms in total. The van der Waals surface area contributed by atoms with E-state index in [1.165, 1.54) is 6.20 Å². The topological polar surface area (TPSA) is 52.3 Å². The molecular formula is C18H14Cl2F2N4O. The van der Waals surface area contributed by atoms with Crippen LogP contribution in [0.25, 0.3) is 5.65 Å². The highest BCUT2D eigenvalue weighted by atomic mass is 35.5. The highest BCUT2D eigenvalue weighted by Gasteiger charge is 2.57. The number of fused-ring (bicyclic) bond motifs is 1. The molecule has 0 aromatic carbocycles. The van der Waals surface area contributed by atoms with Gasteiger partial charge < -0.3 is 4.74 Å². The second-order valence-electron chi connectivity index (χ2n) is 7.08. The molecule has 2 aliphatic rings. The molecule has 2 fully saturated rings. The van der Waals surface area contributed by atoms with E-state index < -0.39 is 11.8 Å². The van der Waals surface area contributed by atoms with Gasteiger partial charge in [-0.1, -0.05) is 23.2 Å². The Labute approximate surface area is 163 Å². The van der Waals surface area contributed by atoms with Crippen LogP contribution in [0, 0.1) is 5.92 Å². The average molecular weight is 411 g/mol. The summed E-state index contributed by atoms with van der Waals surface area (Å²) in [4.78, 5) is 8.76. The predicted octanol–water partition coefficient (Wildman–Crippen LogP) is 4.74. The van der Waals surface area contributed by atoms with Gasteiger partial charge >= 0.3 is 0 Å². The summed E-state index contributed by atoms with van der Waals surface area (Å²) in [7, 11) is 0. The Bertz CT molecular complexity index is 1040. The zero-order valence-corrected chi connectivity index (χ0v) is 15.5. The van der Waals surface area contributed by atoms with Crippen molar-refractivity contribution in [2.75, 3.05) is 6.61 Å². The first-order valence-electron chi connectivity index (χ1n) is 8.58. The minimum Gasteiger partial charge on any atom is -0.491 e. The van der Waals surface area contributed by atoms with Gasteiger partial charge in [-0.25, -0.2) is 18.3 Å². The van der Waals surface area contributed by atoms with Crippen molar-refractivity contribution in [2.24, 2.45) is 5.92 Å². The molecule has 0 saturated heterocycles. The molecule has 3 aromatic heterocycles. The summed E-state index contributed by atoms with van der Waals surface area (Å²) in [6.45, 7) is -0.0427. The highest BCUT2D eigenvalue weighted by molar-refractivity contribution is 6.31. The third-order valence-electron chi connectivity index (χ3n) is 5.16. The van der Waals surface area contributed by atoms with Crippen molar-refractivity contribution in [3.63, 3.8) is 0 Å². The first-order chi connectivity index (χ1) is 12.9. The van der Waals surface area contributed by atoms with Crippen molar-refractivity contribution in [3.8, 4) is 5.75 Å². The van der Waals surface area contributed by atoms with Gasteiger partial charge in [-0.3, -0.25) is 4.98 Å². The van der Waals surface area contributed by atoms with E-state index in [9.17, 15) is 8.78 Å². The van der Waals surface area contributed by atoms with Crippen molar-refractivity contribution in [3.05, 3.63) is 52.2 Å². The molecule has 0 spiro atoms. The largest absolute Gasteiger partial charge is 0.491 e. The molecule has 0 N–H and O–H groups in total. The van der Waals surface area contributed by atoms with Gasteiger partial charge in [0.05, 0.1) is 12.5 Å². The number of rotatable bonds is 5. The number of imidazole rings is 1. The van der Waals surface area contributed by atoms with Crippen molar-refractivity contribution in [1.29, 1.82) is 0 Å². The number of hydrogen-bond donors (Lipinski definition) is 0. The molecule has 5 rings (SSSR count). The molecule has 3 atom stereocenters. The molecule has 2 saturated carbocycles. The third kappa shape index (κ3) is 3.12. The third-order valence-corrected chi connectivity index (χ3v) is 5.63. The van der Waals surface area contributed by atoms with Crippen LogP contribution in [0.5, 0.6) is 5.75 Å². The number of aromatic nitrogens is 4. The van der Waals surface area contributed by atoms with E-state index >= 15 is 0 Å². The van der Waals surface area contributed by atoms with Gasteiger partial charge in [0.25, 0.3) is 5.92 Å². The van der Waals surface area contributed by atoms with Crippen LogP contribution >= 0.6 is 23.2 Å². The van der Waals surface area contributed by atoms with Crippen LogP contribution in [-0.2, 0) is 0 Å². The molecular weight excluding hydrogens is 397 g/mol. The molecule has 9 heteroatoms. The van der Waals surface area contributed by atoms with Crippen LogP contribution in [0.4, 0.5) is 8.78 Å². The van der Waals surface area contributed by atoms with Gasteiger partial charge in [0.1, 0.15) is 15.9 Å². The average Bonchev–Trinajstić information content (AvgIpc) is 3.47. The van der Waals surface area contributed by atoms with Gasteiger partial charge in [-0.05, 0) is 18.4 Å². The van der Waals surface area contributed by atoms with Crippen LogP contribution in [0.15, 0.2) is 30.7 Å². The molecule has 0 bridgehead atoms. The number of pyridine rings is 1. The van der Waals surface area contributed by atoms with Gasteiger partial charge in [0, 0.05) is 48.3 Å². The minimum absolute atomic E-state index is 0.0427. The van der Waals surface area contributed by atoms with Gasteiger partial charge in [-0.2, -0.15) is 5.10 Å². The summed E-state index contributed by atoms with van der Waals surface area (Å²) in [6, 6.07) is 3.58. The molecule has 2 aliphatic carbocycles. The summed E-state index contributed by atoms with van der Waals surface area (Å²) in [6.07, 6.45) is 5.70. The summed E-state index contributed by atoms with van der Waals surface area (Å²) < 4.78 is 33.3. The van der Waals surface area contributed by atoms with E-state index in [1.54, 1.807) is 23.0 Å². The van der Waals surface area contributed by atoms with E-state index in [2.05, 4.69) is 15.1 Å². The van der Waals surface area contributed by atoms with Crippen molar-refractivity contribution < 1.29 is 13.5 Å². The van der Waals surface area contributed by atoms with Crippen LogP contribution in [-0.4, -0.2) is 32.1 Å². The SMILES string of the molecule is FC1(F)CC1COc1cc([C@H]2C[C@@H]2c2cc(Cl)nn3ccnc23)ncc1Cl. The monoisotopic (exact) mass is 410 g/mol. The van der Waals surface area contributed by atoms with E-state index in [1.807, 2.05) is 6.07 Å². The quantitative estimate of drug-likeness (QED) is 0.609. The number of ether oxygens (including phenoxy) is 1. The molecule has 140 valence electrons. The Morgan fingerprint density at radius 3 is 2.81 bits per heavy atom. The van der Waals surface area contributed by atoms with Gasteiger partial charge in [-0.15, -0.1) is 0 Å². The van der Waals surface area contributed by atoms with E-state index in [4.69, 9.17) is 27.9 Å². The Balaban J connectivity index is 1.37. The van der Waals surface area contributed by atoms with Crippen LogP contribution in [0.1, 0.15) is 35.9 Å². The molecule has 0 amide bonds. The van der Waals surface area contributed by atoms with Crippen molar-refractivity contribution in [1.82, 2.24) is 19.6 Å². The standard InChI is InChI=1S/C18H14Cl2F2N4O/c19-13-7-24-14(5-15(13)27-8-9-6-18(9,21)22)11-3-10(11)12-4-16(20)25-26-2-1-23-17(12)26/h1-2,4-5,7,9-11H,3,6,8H2/t9?,10-,11-/m0/s1. The molecule has 27 heavy (non-hydrogen) atoms. The highest BCUT2D eigenvalue weighted by Crippen LogP contribution is 2.55. The lowest BCUT2D eigenvalue weighted by molar-refractivity contribution is 0.0856. The van der Waals surface area contributed by atoms with E-state index in [0.717, 1.165) is 23.3 Å². The molecule has 3 aromatic rings. The fourth-order valence-corrected chi connectivity index (χ4v) is 3.79. The number of alkyl halides is 2.